The smallest absolute Gasteiger partial charge is 0.245 e. The van der Waals surface area contributed by atoms with E-state index >= 15 is 0 Å². The highest BCUT2D eigenvalue weighted by atomic mass is 16.3. The van der Waals surface area contributed by atoms with Crippen molar-refractivity contribution in [2.45, 2.75) is 198 Å². The first-order valence-corrected chi connectivity index (χ1v) is 24.9. The minimum Gasteiger partial charge on any atom is -0.394 e. The molecule has 0 aliphatic carbocycles. The fourth-order valence-electron chi connectivity index (χ4n) is 7.55. The summed E-state index contributed by atoms with van der Waals surface area (Å²) in [5.41, 5.74) is 11.7. The van der Waals surface area contributed by atoms with Gasteiger partial charge in [-0.05, 0) is 70.4 Å². The van der Waals surface area contributed by atoms with E-state index in [2.05, 4.69) is 54.1 Å². The maximum atomic E-state index is 13.8. The van der Waals surface area contributed by atoms with Crippen LogP contribution in [0.4, 0.5) is 0 Å². The van der Waals surface area contributed by atoms with Gasteiger partial charge >= 0.3 is 0 Å². The first-order chi connectivity index (χ1) is 32.2. The first-order valence-electron chi connectivity index (χ1n) is 24.9. The lowest BCUT2D eigenvalue weighted by Crippen LogP contribution is -2.61. The molecule has 0 saturated carbocycles. The van der Waals surface area contributed by atoms with Crippen LogP contribution in [0, 0.1) is 5.92 Å². The molecule has 0 saturated heterocycles. The van der Waals surface area contributed by atoms with Crippen LogP contribution in [0.25, 0.3) is 0 Å². The molecule has 384 valence electrons. The third kappa shape index (κ3) is 27.1. The fraction of sp³-hybridized carbons (Fsp3) is 0.787. The quantitative estimate of drug-likeness (QED) is 0.0416. The van der Waals surface area contributed by atoms with E-state index in [1.54, 1.807) is 0 Å². The highest BCUT2D eigenvalue weighted by molar-refractivity contribution is 5.97. The van der Waals surface area contributed by atoms with E-state index < -0.39 is 84.9 Å². The molecule has 20 nitrogen and oxygen atoms in total. The number of likely N-dealkylation sites (N-methyl/N-ethyl adjacent to an activating group) is 1. The number of imidazole rings is 1. The molecule has 0 aliphatic rings. The highest BCUT2D eigenvalue weighted by Crippen LogP contribution is 2.14. The lowest BCUT2D eigenvalue weighted by molar-refractivity contribution is -0.136. The third-order valence-corrected chi connectivity index (χ3v) is 11.5. The molecule has 1 aromatic heterocycles. The van der Waals surface area contributed by atoms with Gasteiger partial charge in [0.2, 0.25) is 41.4 Å². The Morgan fingerprint density at radius 1 is 0.552 bits per heavy atom. The number of rotatable bonds is 40. The number of aromatic amines is 1. The molecule has 0 fully saturated rings. The van der Waals surface area contributed by atoms with Crippen LogP contribution in [-0.2, 0) is 40.0 Å². The molecule has 1 heterocycles. The van der Waals surface area contributed by atoms with E-state index in [1.165, 1.54) is 77.4 Å². The predicted molar refractivity (Wildman–Crippen MR) is 258 cm³/mol. The molecule has 6 atom stereocenters. The number of amides is 7. The Balaban J connectivity index is 2.98. The Morgan fingerprint density at radius 3 is 1.42 bits per heavy atom. The molecular weight excluding hydrogens is 863 g/mol. The zero-order chi connectivity index (χ0) is 49.8. The van der Waals surface area contributed by atoms with E-state index in [0.717, 1.165) is 19.3 Å². The average molecular weight is 950 g/mol. The van der Waals surface area contributed by atoms with Crippen LogP contribution in [0.5, 0.6) is 0 Å². The summed E-state index contributed by atoms with van der Waals surface area (Å²) >= 11 is 0. The number of carbonyl (C=O) groups excluding carboxylic acids is 7. The van der Waals surface area contributed by atoms with Crippen molar-refractivity contribution in [1.82, 2.24) is 47.2 Å². The number of hydrogen-bond donors (Lipinski definition) is 12. The maximum Gasteiger partial charge on any atom is 0.245 e. The summed E-state index contributed by atoms with van der Waals surface area (Å²) in [6.07, 6.45) is 21.2. The number of carbonyl (C=O) groups is 7. The number of aliphatic hydroxyl groups is 2. The second-order valence-electron chi connectivity index (χ2n) is 17.9. The standard InChI is InChI=1S/C47H87N11O9/c1-5-6-7-8-9-10-11-12-13-14-15-16-17-24-41(61)53-36(23-19-21-26-49)43(63)55-37(27-33(2)3)44(64)57-40(31-60)47(67)56-38(28-34-29-51-32-52-34)45(65)58-39(30-59)46(66)54-35(42(62)50-4)22-18-20-25-48/h29,32-33,35-40,59-60H,5-28,30-31,48-49H2,1-4H3,(H,50,62)(H,51,52)(H,53,61)(H,54,66)(H,55,63)(H,56,67)(H,57,64)(H,58,65)/t35-,36-,37-,38-,39-,40-/m0/s1. The van der Waals surface area contributed by atoms with E-state index in [1.807, 2.05) is 13.8 Å². The SMILES string of the molecule is CCCCCCCCCCCCCCCC(=O)N[C@@H](CCCCN)C(=O)N[C@@H](CC(C)C)C(=O)N[C@@H](CO)C(=O)N[C@@H](Cc1cnc[nH]1)C(=O)N[C@@H](CO)C(=O)N[C@@H](CCCCN)C(=O)NC. The van der Waals surface area contributed by atoms with Gasteiger partial charge in [0.1, 0.15) is 36.3 Å². The monoisotopic (exact) mass is 950 g/mol. The molecule has 67 heavy (non-hydrogen) atoms. The van der Waals surface area contributed by atoms with Crippen LogP contribution >= 0.6 is 0 Å². The van der Waals surface area contributed by atoms with Crippen LogP contribution in [0.15, 0.2) is 12.5 Å². The maximum absolute atomic E-state index is 13.8. The Kier molecular flexibility index (Phi) is 33.6. The third-order valence-electron chi connectivity index (χ3n) is 11.5. The van der Waals surface area contributed by atoms with Gasteiger partial charge in [0.15, 0.2) is 0 Å². The number of hydrogen-bond acceptors (Lipinski definition) is 12. The number of nitrogens with two attached hydrogens (primary N) is 2. The largest absolute Gasteiger partial charge is 0.394 e. The van der Waals surface area contributed by atoms with E-state index in [0.29, 0.717) is 57.3 Å². The summed E-state index contributed by atoms with van der Waals surface area (Å²) in [6, 6.07) is -7.58. The summed E-state index contributed by atoms with van der Waals surface area (Å²) in [4.78, 5) is 100. The average Bonchev–Trinajstić information content (AvgIpc) is 3.83. The summed E-state index contributed by atoms with van der Waals surface area (Å²) in [5, 5.41) is 38.4. The van der Waals surface area contributed by atoms with Gasteiger partial charge in [-0.3, -0.25) is 33.6 Å². The van der Waals surface area contributed by atoms with Gasteiger partial charge in [-0.25, -0.2) is 4.98 Å². The molecule has 1 aromatic rings. The molecule has 0 radical (unpaired) electrons. The Bertz CT molecular complexity index is 1550. The zero-order valence-electron chi connectivity index (χ0n) is 40.9. The van der Waals surface area contributed by atoms with Gasteiger partial charge in [0, 0.05) is 31.8 Å². The molecule has 0 bridgehead atoms. The minimum atomic E-state index is -1.59. The molecule has 7 amide bonds. The fourth-order valence-corrected chi connectivity index (χ4v) is 7.55. The zero-order valence-corrected chi connectivity index (χ0v) is 40.9. The number of aliphatic hydroxyl groups excluding tert-OH is 2. The van der Waals surface area contributed by atoms with E-state index in [4.69, 9.17) is 11.5 Å². The van der Waals surface area contributed by atoms with Crippen molar-refractivity contribution in [2.75, 3.05) is 33.4 Å². The second-order valence-corrected chi connectivity index (χ2v) is 17.9. The molecule has 20 heteroatoms. The minimum absolute atomic E-state index is 0.102. The number of nitrogens with one attached hydrogen (secondary N) is 8. The summed E-state index contributed by atoms with van der Waals surface area (Å²) in [6.45, 7) is 4.98. The van der Waals surface area contributed by atoms with Gasteiger partial charge in [0.25, 0.3) is 0 Å². The summed E-state index contributed by atoms with van der Waals surface area (Å²) < 4.78 is 0. The van der Waals surface area contributed by atoms with Crippen LogP contribution < -0.4 is 48.7 Å². The van der Waals surface area contributed by atoms with Crippen molar-refractivity contribution in [1.29, 1.82) is 0 Å². The lowest BCUT2D eigenvalue weighted by atomic mass is 10.0. The van der Waals surface area contributed by atoms with Crippen molar-refractivity contribution < 1.29 is 43.8 Å². The van der Waals surface area contributed by atoms with Crippen molar-refractivity contribution in [3.05, 3.63) is 18.2 Å². The summed E-state index contributed by atoms with van der Waals surface area (Å²) in [5.74, 6) is -4.90. The number of nitrogens with zero attached hydrogens (tertiary/aromatic N) is 1. The van der Waals surface area contributed by atoms with Crippen molar-refractivity contribution in [3.8, 4) is 0 Å². The van der Waals surface area contributed by atoms with Gasteiger partial charge < -0.3 is 63.9 Å². The molecule has 0 aliphatic heterocycles. The van der Waals surface area contributed by atoms with Crippen LogP contribution in [0.1, 0.15) is 161 Å². The first kappa shape index (κ1) is 60.4. The molecule has 0 aromatic carbocycles. The molecule has 0 unspecified atom stereocenters. The van der Waals surface area contributed by atoms with Gasteiger partial charge in [0.05, 0.1) is 19.5 Å². The normalized spacial score (nSPS) is 13.9. The highest BCUT2D eigenvalue weighted by Gasteiger charge is 2.33. The topological polar surface area (TPSA) is 325 Å². The molecule has 1 rings (SSSR count). The Morgan fingerprint density at radius 2 is 0.970 bits per heavy atom. The van der Waals surface area contributed by atoms with Crippen LogP contribution in [-0.4, -0.2) is 131 Å². The van der Waals surface area contributed by atoms with E-state index in [-0.39, 0.29) is 37.5 Å². The van der Waals surface area contributed by atoms with Crippen molar-refractivity contribution in [2.24, 2.45) is 17.4 Å². The Hall–Kier alpha value is -4.66. The second kappa shape index (κ2) is 37.3. The van der Waals surface area contributed by atoms with Crippen LogP contribution in [0.3, 0.4) is 0 Å². The number of unbranched alkanes of at least 4 members (excludes halogenated alkanes) is 14. The van der Waals surface area contributed by atoms with Gasteiger partial charge in [-0.15, -0.1) is 0 Å². The van der Waals surface area contributed by atoms with Crippen molar-refractivity contribution in [3.63, 3.8) is 0 Å². The lowest BCUT2D eigenvalue weighted by Gasteiger charge is -2.27. The van der Waals surface area contributed by atoms with Crippen molar-refractivity contribution >= 4 is 41.4 Å². The predicted octanol–water partition coefficient (Wildman–Crippen LogP) is 1.38. The van der Waals surface area contributed by atoms with Gasteiger partial charge in [-0.2, -0.15) is 0 Å². The van der Waals surface area contributed by atoms with E-state index in [9.17, 15) is 43.8 Å². The summed E-state index contributed by atoms with van der Waals surface area (Å²) in [7, 11) is 1.41. The van der Waals surface area contributed by atoms with Crippen LogP contribution in [0.2, 0.25) is 0 Å². The molecule has 14 N–H and O–H groups in total. The van der Waals surface area contributed by atoms with Gasteiger partial charge in [-0.1, -0.05) is 97.8 Å². The number of aromatic nitrogens is 2. The Labute approximate surface area is 398 Å². The number of H-pyrrole nitrogens is 1. The molecule has 0 spiro atoms. The molecular formula is C47H87N11O9.